The summed E-state index contributed by atoms with van der Waals surface area (Å²) in [6, 6.07) is 9.81. The maximum absolute atomic E-state index is 12.7. The van der Waals surface area contributed by atoms with Crippen molar-refractivity contribution < 1.29 is 9.59 Å². The van der Waals surface area contributed by atoms with E-state index in [0.29, 0.717) is 13.1 Å². The van der Waals surface area contributed by atoms with Gasteiger partial charge in [0.1, 0.15) is 0 Å². The molecule has 0 radical (unpaired) electrons. The van der Waals surface area contributed by atoms with Crippen molar-refractivity contribution in [3.8, 4) is 0 Å². The van der Waals surface area contributed by atoms with Gasteiger partial charge in [-0.2, -0.15) is 0 Å². The van der Waals surface area contributed by atoms with Gasteiger partial charge in [-0.05, 0) is 50.2 Å². The summed E-state index contributed by atoms with van der Waals surface area (Å²) in [5.41, 5.74) is 0.958. The van der Waals surface area contributed by atoms with Crippen molar-refractivity contribution in [2.75, 3.05) is 13.1 Å². The second-order valence-corrected chi connectivity index (χ2v) is 9.45. The van der Waals surface area contributed by atoms with Crippen molar-refractivity contribution >= 4 is 17.9 Å². The number of piperidine rings is 1. The van der Waals surface area contributed by atoms with Crippen LogP contribution in [-0.4, -0.2) is 35.3 Å². The van der Waals surface area contributed by atoms with E-state index in [1.54, 1.807) is 6.08 Å². The number of likely N-dealkylation sites (tertiary alicyclic amines) is 1. The number of benzene rings is 1. The van der Waals surface area contributed by atoms with Gasteiger partial charge in [-0.3, -0.25) is 9.59 Å². The number of amides is 2. The minimum absolute atomic E-state index is 0.00797. The van der Waals surface area contributed by atoms with Crippen LogP contribution in [0.3, 0.4) is 0 Å². The molecule has 0 aromatic heterocycles. The zero-order chi connectivity index (χ0) is 20.1. The Morgan fingerprint density at radius 3 is 2.22 bits per heavy atom. The molecule has 2 amide bonds. The zero-order valence-electron chi connectivity index (χ0n) is 17.4. The van der Waals surface area contributed by atoms with Crippen LogP contribution in [-0.2, 0) is 9.59 Å². The summed E-state index contributed by atoms with van der Waals surface area (Å²) in [4.78, 5) is 26.9. The van der Waals surface area contributed by atoms with Crippen molar-refractivity contribution in [3.05, 3.63) is 42.0 Å². The second kappa shape index (κ2) is 8.73. The highest BCUT2D eigenvalue weighted by molar-refractivity contribution is 5.92. The van der Waals surface area contributed by atoms with Gasteiger partial charge in [0.25, 0.3) is 0 Å². The fraction of sp³-hybridized carbons (Fsp3) is 0.565. The molecular weight excluding hydrogens is 336 g/mol. The Hall–Kier alpha value is -2.10. The summed E-state index contributed by atoms with van der Waals surface area (Å²) in [5.74, 6) is 0.133. The molecule has 1 aliphatic rings. The van der Waals surface area contributed by atoms with Crippen LogP contribution in [0.4, 0.5) is 0 Å². The lowest BCUT2D eigenvalue weighted by molar-refractivity contribution is -0.133. The summed E-state index contributed by atoms with van der Waals surface area (Å²) >= 11 is 0. The van der Waals surface area contributed by atoms with E-state index in [0.717, 1.165) is 24.8 Å². The first-order valence-corrected chi connectivity index (χ1v) is 9.90. The normalized spacial score (nSPS) is 16.6. The third-order valence-corrected chi connectivity index (χ3v) is 4.83. The Labute approximate surface area is 164 Å². The fourth-order valence-corrected chi connectivity index (χ4v) is 4.00. The van der Waals surface area contributed by atoms with E-state index in [-0.39, 0.29) is 28.7 Å². The first-order valence-electron chi connectivity index (χ1n) is 9.90. The Morgan fingerprint density at radius 1 is 1.07 bits per heavy atom. The van der Waals surface area contributed by atoms with Crippen molar-refractivity contribution in [2.45, 2.75) is 59.4 Å². The summed E-state index contributed by atoms with van der Waals surface area (Å²) in [7, 11) is 0. The molecule has 0 saturated carbocycles. The monoisotopic (exact) mass is 370 g/mol. The van der Waals surface area contributed by atoms with Crippen molar-refractivity contribution in [3.63, 3.8) is 0 Å². The van der Waals surface area contributed by atoms with Gasteiger partial charge < -0.3 is 10.2 Å². The van der Waals surface area contributed by atoms with Gasteiger partial charge in [0.15, 0.2) is 0 Å². The van der Waals surface area contributed by atoms with E-state index in [1.807, 2.05) is 41.3 Å². The standard InChI is InChI=1S/C23H34N2O2/c1-22(2,3)17-23(4,5)24-21(27)19-13-15-25(16-14-19)20(26)12-11-18-9-7-6-8-10-18/h6-12,19H,13-17H2,1-5H3,(H,24,27). The summed E-state index contributed by atoms with van der Waals surface area (Å²) in [6.45, 7) is 12.0. The molecule has 2 rings (SSSR count). The van der Waals surface area contributed by atoms with Gasteiger partial charge in [0.2, 0.25) is 11.8 Å². The average Bonchev–Trinajstić information content (AvgIpc) is 2.58. The van der Waals surface area contributed by atoms with Crippen LogP contribution in [0.5, 0.6) is 0 Å². The highest BCUT2D eigenvalue weighted by Gasteiger charge is 2.32. The van der Waals surface area contributed by atoms with Gasteiger partial charge >= 0.3 is 0 Å². The lowest BCUT2D eigenvalue weighted by Gasteiger charge is -2.36. The zero-order valence-corrected chi connectivity index (χ0v) is 17.4. The van der Waals surface area contributed by atoms with E-state index in [2.05, 4.69) is 39.9 Å². The van der Waals surface area contributed by atoms with Crippen LogP contribution in [0.2, 0.25) is 0 Å². The molecule has 148 valence electrons. The van der Waals surface area contributed by atoms with Crippen molar-refractivity contribution in [1.29, 1.82) is 0 Å². The van der Waals surface area contributed by atoms with E-state index in [9.17, 15) is 9.59 Å². The van der Waals surface area contributed by atoms with Crippen LogP contribution >= 0.6 is 0 Å². The molecule has 0 bridgehead atoms. The Balaban J connectivity index is 1.83. The highest BCUT2D eigenvalue weighted by Crippen LogP contribution is 2.28. The van der Waals surface area contributed by atoms with Crippen molar-refractivity contribution in [1.82, 2.24) is 10.2 Å². The molecule has 27 heavy (non-hydrogen) atoms. The molecule has 1 heterocycles. The SMILES string of the molecule is CC(C)(C)CC(C)(C)NC(=O)C1CCN(C(=O)C=Cc2ccccc2)CC1. The molecule has 1 aliphatic heterocycles. The number of carbonyl (C=O) groups excluding carboxylic acids is 2. The Bertz CT molecular complexity index is 663. The summed E-state index contributed by atoms with van der Waals surface area (Å²) in [5, 5.41) is 3.22. The quantitative estimate of drug-likeness (QED) is 0.787. The molecule has 0 spiro atoms. The molecule has 4 nitrogen and oxygen atoms in total. The third-order valence-electron chi connectivity index (χ3n) is 4.83. The average molecular weight is 371 g/mol. The van der Waals surface area contributed by atoms with Gasteiger partial charge in [-0.1, -0.05) is 51.1 Å². The largest absolute Gasteiger partial charge is 0.351 e. The number of nitrogens with zero attached hydrogens (tertiary/aromatic N) is 1. The fourth-order valence-electron chi connectivity index (χ4n) is 4.00. The topological polar surface area (TPSA) is 49.4 Å². The van der Waals surface area contributed by atoms with Gasteiger partial charge in [0, 0.05) is 30.6 Å². The van der Waals surface area contributed by atoms with Crippen LogP contribution in [0.15, 0.2) is 36.4 Å². The molecular formula is C23H34N2O2. The van der Waals surface area contributed by atoms with E-state index in [4.69, 9.17) is 0 Å². The first-order chi connectivity index (χ1) is 12.6. The minimum atomic E-state index is -0.222. The molecule has 1 N–H and O–H groups in total. The van der Waals surface area contributed by atoms with Crippen LogP contribution in [0.1, 0.15) is 59.4 Å². The number of rotatable bonds is 5. The lowest BCUT2D eigenvalue weighted by atomic mass is 9.81. The molecule has 0 unspecified atom stereocenters. The summed E-state index contributed by atoms with van der Waals surface area (Å²) < 4.78 is 0. The second-order valence-electron chi connectivity index (χ2n) is 9.45. The molecule has 1 aromatic carbocycles. The molecule has 1 saturated heterocycles. The van der Waals surface area contributed by atoms with Crippen LogP contribution in [0, 0.1) is 11.3 Å². The van der Waals surface area contributed by atoms with Crippen LogP contribution < -0.4 is 5.32 Å². The van der Waals surface area contributed by atoms with Gasteiger partial charge in [-0.25, -0.2) is 0 Å². The summed E-state index contributed by atoms with van der Waals surface area (Å²) in [6.07, 6.45) is 5.84. The number of hydrogen-bond acceptors (Lipinski definition) is 2. The molecule has 4 heteroatoms. The lowest BCUT2D eigenvalue weighted by Crippen LogP contribution is -2.50. The predicted octanol–water partition coefficient (Wildman–Crippen LogP) is 4.27. The Morgan fingerprint density at radius 2 is 1.67 bits per heavy atom. The first kappa shape index (κ1) is 21.2. The maximum atomic E-state index is 12.7. The van der Waals surface area contributed by atoms with Crippen molar-refractivity contribution in [2.24, 2.45) is 11.3 Å². The van der Waals surface area contributed by atoms with E-state index in [1.165, 1.54) is 0 Å². The minimum Gasteiger partial charge on any atom is -0.351 e. The third kappa shape index (κ3) is 7.20. The predicted molar refractivity (Wildman–Crippen MR) is 111 cm³/mol. The molecule has 1 aromatic rings. The number of nitrogens with one attached hydrogen (secondary N) is 1. The van der Waals surface area contributed by atoms with E-state index < -0.39 is 0 Å². The maximum Gasteiger partial charge on any atom is 0.246 e. The van der Waals surface area contributed by atoms with Gasteiger partial charge in [0.05, 0.1) is 0 Å². The number of hydrogen-bond donors (Lipinski definition) is 1. The van der Waals surface area contributed by atoms with Crippen LogP contribution in [0.25, 0.3) is 6.08 Å². The van der Waals surface area contributed by atoms with E-state index >= 15 is 0 Å². The molecule has 1 fully saturated rings. The molecule has 0 aliphatic carbocycles. The molecule has 0 atom stereocenters. The highest BCUT2D eigenvalue weighted by atomic mass is 16.2. The Kier molecular flexibility index (Phi) is 6.85. The smallest absolute Gasteiger partial charge is 0.246 e. The number of carbonyl (C=O) groups is 2. The van der Waals surface area contributed by atoms with Gasteiger partial charge in [-0.15, -0.1) is 0 Å².